The Labute approximate surface area is 213 Å². The van der Waals surface area contributed by atoms with Crippen LogP contribution in [0.1, 0.15) is 101 Å². The van der Waals surface area contributed by atoms with Crippen molar-refractivity contribution in [2.45, 2.75) is 103 Å². The Morgan fingerprint density at radius 1 is 1.22 bits per heavy atom. The highest BCUT2D eigenvalue weighted by molar-refractivity contribution is 5.72. The number of hydrogen-bond donors (Lipinski definition) is 3. The molecule has 1 fully saturated rings. The number of carboxylic acid groups (broad SMARTS) is 1. The van der Waals surface area contributed by atoms with Crippen LogP contribution in [-0.4, -0.2) is 43.5 Å². The molecule has 0 saturated heterocycles. The molecule has 1 saturated carbocycles. The molecule has 196 valence electrons. The summed E-state index contributed by atoms with van der Waals surface area (Å²) in [5, 5.41) is 25.1. The Kier molecular flexibility index (Phi) is 8.34. The molecule has 1 aliphatic carbocycles. The molecule has 1 aliphatic rings. The lowest BCUT2D eigenvalue weighted by molar-refractivity contribution is -0.145. The van der Waals surface area contributed by atoms with Crippen molar-refractivity contribution >= 4 is 11.6 Å². The average Bonchev–Trinajstić information content (AvgIpc) is 3.45. The van der Waals surface area contributed by atoms with Gasteiger partial charge in [0.15, 0.2) is 17.6 Å². The van der Waals surface area contributed by atoms with Gasteiger partial charge < -0.3 is 15.2 Å². The van der Waals surface area contributed by atoms with Crippen LogP contribution >= 0.6 is 0 Å². The molecule has 1 aromatic carbocycles. The third-order valence-corrected chi connectivity index (χ3v) is 7.21. The number of aliphatic carboxylic acids is 1. The average molecular weight is 496 g/mol. The summed E-state index contributed by atoms with van der Waals surface area (Å²) in [5.41, 5.74) is 4.40. The van der Waals surface area contributed by atoms with Crippen molar-refractivity contribution in [2.75, 3.05) is 6.54 Å². The second-order valence-corrected chi connectivity index (χ2v) is 11.1. The number of nitrogens with zero attached hydrogens (tertiary/aromatic N) is 3. The van der Waals surface area contributed by atoms with Crippen LogP contribution in [0.4, 0.5) is 0 Å². The number of nitrogens with one attached hydrogen (secondary N) is 2. The Morgan fingerprint density at radius 3 is 2.69 bits per heavy atom. The van der Waals surface area contributed by atoms with Gasteiger partial charge in [-0.1, -0.05) is 59.1 Å². The van der Waals surface area contributed by atoms with Gasteiger partial charge in [0.25, 0.3) is 0 Å². The molecule has 2 heterocycles. The zero-order valence-electron chi connectivity index (χ0n) is 22.1. The summed E-state index contributed by atoms with van der Waals surface area (Å²) in [7, 11) is 0. The topological polar surface area (TPSA) is 105 Å². The smallest absolute Gasteiger partial charge is 0.344 e. The highest BCUT2D eigenvalue weighted by atomic mass is 16.5. The standard InChI is InChI=1S/C28H41N5O3/c1-5-22(27(34)35)36-23-14-13-20(19-10-7-6-8-11-19)16-21(23)18-29-15-9-12-25-30-31-26-17-24(28(2,3)4)32-33(25)26/h13-14,16-17,19,22,29,32H,5-12,15,18H2,1-4H3,(H,34,35). The number of aryl methyl sites for hydroxylation is 1. The third kappa shape index (κ3) is 6.27. The number of hydrogen-bond acceptors (Lipinski definition) is 5. The fourth-order valence-electron chi connectivity index (χ4n) is 4.97. The second kappa shape index (κ2) is 11.5. The van der Waals surface area contributed by atoms with Crippen LogP contribution in [0.15, 0.2) is 24.3 Å². The first-order valence-corrected chi connectivity index (χ1v) is 13.4. The van der Waals surface area contributed by atoms with E-state index in [-0.39, 0.29) is 5.41 Å². The van der Waals surface area contributed by atoms with Gasteiger partial charge in [-0.15, -0.1) is 10.2 Å². The summed E-state index contributed by atoms with van der Waals surface area (Å²) in [6.07, 6.45) is 7.64. The predicted octanol–water partition coefficient (Wildman–Crippen LogP) is 5.37. The van der Waals surface area contributed by atoms with Gasteiger partial charge in [0.2, 0.25) is 0 Å². The zero-order chi connectivity index (χ0) is 25.7. The molecule has 0 spiro atoms. The second-order valence-electron chi connectivity index (χ2n) is 11.1. The van der Waals surface area contributed by atoms with Gasteiger partial charge in [-0.05, 0) is 49.8 Å². The van der Waals surface area contributed by atoms with E-state index in [0.717, 1.165) is 42.1 Å². The predicted molar refractivity (Wildman–Crippen MR) is 141 cm³/mol. The van der Waals surface area contributed by atoms with E-state index < -0.39 is 12.1 Å². The first kappa shape index (κ1) is 26.2. The van der Waals surface area contributed by atoms with E-state index in [1.165, 1.54) is 37.7 Å². The number of benzene rings is 1. The highest BCUT2D eigenvalue weighted by Crippen LogP contribution is 2.35. The molecular weight excluding hydrogens is 454 g/mol. The number of rotatable bonds is 11. The molecule has 1 unspecified atom stereocenters. The van der Waals surface area contributed by atoms with Crippen molar-refractivity contribution in [3.05, 3.63) is 46.9 Å². The Morgan fingerprint density at radius 2 is 2.00 bits per heavy atom. The van der Waals surface area contributed by atoms with Gasteiger partial charge in [0.1, 0.15) is 5.75 Å². The summed E-state index contributed by atoms with van der Waals surface area (Å²) in [6.45, 7) is 9.81. The van der Waals surface area contributed by atoms with E-state index in [4.69, 9.17) is 4.74 Å². The summed E-state index contributed by atoms with van der Waals surface area (Å²) in [4.78, 5) is 11.6. The molecule has 0 aliphatic heterocycles. The molecule has 8 nitrogen and oxygen atoms in total. The van der Waals surface area contributed by atoms with Crippen LogP contribution < -0.4 is 10.1 Å². The summed E-state index contributed by atoms with van der Waals surface area (Å²) >= 11 is 0. The minimum atomic E-state index is -0.925. The fourth-order valence-corrected chi connectivity index (χ4v) is 4.97. The molecule has 36 heavy (non-hydrogen) atoms. The quantitative estimate of drug-likeness (QED) is 0.309. The number of H-pyrrole nitrogens is 1. The number of aromatic nitrogens is 4. The SMILES string of the molecule is CCC(Oc1ccc(C2CCCCC2)cc1CNCCCc1nnc2cc(C(C)(C)C)[nH]n12)C(=O)O. The first-order chi connectivity index (χ1) is 17.3. The van der Waals surface area contributed by atoms with Gasteiger partial charge in [-0.25, -0.2) is 9.31 Å². The van der Waals surface area contributed by atoms with Crippen molar-refractivity contribution in [2.24, 2.45) is 0 Å². The molecule has 3 aromatic rings. The summed E-state index contributed by atoms with van der Waals surface area (Å²) < 4.78 is 7.91. The maximum atomic E-state index is 11.6. The van der Waals surface area contributed by atoms with Crippen molar-refractivity contribution in [3.63, 3.8) is 0 Å². The van der Waals surface area contributed by atoms with Gasteiger partial charge >= 0.3 is 5.97 Å². The fraction of sp³-hybridized carbons (Fsp3) is 0.607. The monoisotopic (exact) mass is 495 g/mol. The molecule has 0 amide bonds. The number of carboxylic acids is 1. The van der Waals surface area contributed by atoms with Gasteiger partial charge in [-0.2, -0.15) is 0 Å². The van der Waals surface area contributed by atoms with Gasteiger partial charge in [-0.3, -0.25) is 5.10 Å². The van der Waals surface area contributed by atoms with E-state index in [1.807, 2.05) is 17.5 Å². The molecule has 0 radical (unpaired) electrons. The Balaban J connectivity index is 1.38. The Bertz CT molecular complexity index is 1150. The van der Waals surface area contributed by atoms with Crippen LogP contribution in [0.3, 0.4) is 0 Å². The first-order valence-electron chi connectivity index (χ1n) is 13.4. The maximum absolute atomic E-state index is 11.6. The van der Waals surface area contributed by atoms with Crippen LogP contribution in [0.25, 0.3) is 5.65 Å². The third-order valence-electron chi connectivity index (χ3n) is 7.21. The molecule has 1 atom stereocenters. The van der Waals surface area contributed by atoms with E-state index in [0.29, 0.717) is 24.6 Å². The largest absolute Gasteiger partial charge is 0.479 e. The number of fused-ring (bicyclic) bond motifs is 1. The molecule has 3 N–H and O–H groups in total. The van der Waals surface area contributed by atoms with Crippen molar-refractivity contribution in [3.8, 4) is 5.75 Å². The van der Waals surface area contributed by atoms with Crippen molar-refractivity contribution in [1.82, 2.24) is 25.1 Å². The molecular formula is C28H41N5O3. The Hall–Kier alpha value is -2.87. The van der Waals surface area contributed by atoms with Crippen molar-refractivity contribution in [1.29, 1.82) is 0 Å². The van der Waals surface area contributed by atoms with Crippen LogP contribution in [0, 0.1) is 0 Å². The molecule has 2 aromatic heterocycles. The van der Waals surface area contributed by atoms with E-state index in [9.17, 15) is 9.90 Å². The van der Waals surface area contributed by atoms with Crippen LogP contribution in [0.5, 0.6) is 5.75 Å². The van der Waals surface area contributed by atoms with Crippen LogP contribution in [-0.2, 0) is 23.2 Å². The number of aromatic amines is 1. The van der Waals surface area contributed by atoms with Gasteiger partial charge in [0, 0.05) is 35.7 Å². The lowest BCUT2D eigenvalue weighted by Gasteiger charge is -2.24. The molecule has 0 bridgehead atoms. The lowest BCUT2D eigenvalue weighted by Crippen LogP contribution is -2.27. The maximum Gasteiger partial charge on any atom is 0.344 e. The summed E-state index contributed by atoms with van der Waals surface area (Å²) in [6, 6.07) is 8.39. The van der Waals surface area contributed by atoms with E-state index >= 15 is 0 Å². The highest BCUT2D eigenvalue weighted by Gasteiger charge is 2.21. The normalized spacial score (nSPS) is 15.9. The van der Waals surface area contributed by atoms with Gasteiger partial charge in [0.05, 0.1) is 0 Å². The van der Waals surface area contributed by atoms with Crippen molar-refractivity contribution < 1.29 is 14.6 Å². The van der Waals surface area contributed by atoms with E-state index in [2.05, 4.69) is 59.6 Å². The molecule has 4 rings (SSSR count). The number of ether oxygens (including phenoxy) is 1. The minimum Gasteiger partial charge on any atom is -0.479 e. The zero-order valence-corrected chi connectivity index (χ0v) is 22.1. The van der Waals surface area contributed by atoms with Crippen LogP contribution in [0.2, 0.25) is 0 Å². The molecule has 8 heteroatoms. The number of carbonyl (C=O) groups is 1. The van der Waals surface area contributed by atoms with E-state index in [1.54, 1.807) is 0 Å². The minimum absolute atomic E-state index is 0.0306. The lowest BCUT2D eigenvalue weighted by atomic mass is 9.83. The summed E-state index contributed by atoms with van der Waals surface area (Å²) in [5.74, 6) is 1.25.